The molecule has 23 heavy (non-hydrogen) atoms. The van der Waals surface area contributed by atoms with Crippen LogP contribution in [0.1, 0.15) is 15.9 Å². The van der Waals surface area contributed by atoms with E-state index < -0.39 is 0 Å². The zero-order chi connectivity index (χ0) is 16.6. The molecule has 1 aliphatic heterocycles. The highest BCUT2D eigenvalue weighted by Gasteiger charge is 2.28. The van der Waals surface area contributed by atoms with E-state index in [0.29, 0.717) is 11.1 Å². The highest BCUT2D eigenvalue weighted by Crippen LogP contribution is 2.38. The fourth-order valence-electron chi connectivity index (χ4n) is 2.39. The second kappa shape index (κ2) is 5.57. The summed E-state index contributed by atoms with van der Waals surface area (Å²) in [5.41, 5.74) is 1.16. The van der Waals surface area contributed by atoms with Crippen LogP contribution in [0, 0.1) is 0 Å². The highest BCUT2D eigenvalue weighted by molar-refractivity contribution is 6.15. The van der Waals surface area contributed by atoms with Crippen molar-refractivity contribution in [1.82, 2.24) is 0 Å². The van der Waals surface area contributed by atoms with Gasteiger partial charge in [0.15, 0.2) is 17.3 Å². The zero-order valence-electron chi connectivity index (χ0n) is 12.2. The summed E-state index contributed by atoms with van der Waals surface area (Å²) in [6.07, 6.45) is 1.57. The number of ketones is 1. The molecule has 118 valence electrons. The van der Waals surface area contributed by atoms with Gasteiger partial charge in [0.2, 0.25) is 0 Å². The third-order valence-electron chi connectivity index (χ3n) is 3.51. The van der Waals surface area contributed by atoms with Gasteiger partial charge >= 0.3 is 0 Å². The number of phenols is 3. The minimum absolute atomic E-state index is 0.0279. The van der Waals surface area contributed by atoms with Crippen LogP contribution in [0.25, 0.3) is 6.08 Å². The Balaban J connectivity index is 2.03. The lowest BCUT2D eigenvalue weighted by Crippen LogP contribution is -2.19. The van der Waals surface area contributed by atoms with Gasteiger partial charge in [0, 0.05) is 17.7 Å². The van der Waals surface area contributed by atoms with Gasteiger partial charge in [0.25, 0.3) is 0 Å². The largest absolute Gasteiger partial charge is 0.508 e. The molecule has 6 heteroatoms. The van der Waals surface area contributed by atoms with Crippen LogP contribution >= 0.6 is 0 Å². The maximum absolute atomic E-state index is 12.6. The predicted molar refractivity (Wildman–Crippen MR) is 82.2 cm³/mol. The van der Waals surface area contributed by atoms with Gasteiger partial charge in [-0.3, -0.25) is 4.79 Å². The molecule has 0 spiro atoms. The SMILES string of the molecule is COc1cc(O)cc2c1C(=O)/C(=C\c1ccc(O)c(O)c1)CO2. The monoisotopic (exact) mass is 314 g/mol. The summed E-state index contributed by atoms with van der Waals surface area (Å²) in [4.78, 5) is 12.6. The first-order valence-electron chi connectivity index (χ1n) is 6.80. The van der Waals surface area contributed by atoms with Gasteiger partial charge in [0.1, 0.15) is 29.4 Å². The van der Waals surface area contributed by atoms with Gasteiger partial charge in [-0.2, -0.15) is 0 Å². The number of hydrogen-bond acceptors (Lipinski definition) is 6. The molecule has 0 saturated heterocycles. The number of aromatic hydroxyl groups is 3. The average molecular weight is 314 g/mol. The van der Waals surface area contributed by atoms with Crippen molar-refractivity contribution in [1.29, 1.82) is 0 Å². The Labute approximate surface area is 131 Å². The first-order valence-corrected chi connectivity index (χ1v) is 6.80. The van der Waals surface area contributed by atoms with Crippen molar-refractivity contribution in [2.45, 2.75) is 0 Å². The summed E-state index contributed by atoms with van der Waals surface area (Å²) in [6.45, 7) is 0.0279. The number of methoxy groups -OCH3 is 1. The van der Waals surface area contributed by atoms with E-state index in [0.717, 1.165) is 0 Å². The van der Waals surface area contributed by atoms with Crippen LogP contribution in [-0.4, -0.2) is 34.8 Å². The maximum atomic E-state index is 12.6. The fraction of sp³-hybridized carbons (Fsp3) is 0.118. The molecule has 0 saturated carbocycles. The molecular weight excluding hydrogens is 300 g/mol. The lowest BCUT2D eigenvalue weighted by atomic mass is 9.97. The molecule has 0 fully saturated rings. The number of phenolic OH excluding ortho intramolecular Hbond substituents is 3. The van der Waals surface area contributed by atoms with E-state index >= 15 is 0 Å². The van der Waals surface area contributed by atoms with E-state index in [1.165, 1.54) is 31.4 Å². The standard InChI is InChI=1S/C17H14O6/c1-22-14-6-11(18)7-15-16(14)17(21)10(8-23-15)4-9-2-3-12(19)13(20)5-9/h2-7,18-20H,8H2,1H3/b10-4-. The number of hydrogen-bond donors (Lipinski definition) is 3. The number of Topliss-reactive ketones (excluding diaryl/α,β-unsaturated/α-hetero) is 1. The molecule has 0 bridgehead atoms. The smallest absolute Gasteiger partial charge is 0.199 e. The summed E-state index contributed by atoms with van der Waals surface area (Å²) in [6, 6.07) is 6.95. The van der Waals surface area contributed by atoms with Gasteiger partial charge in [-0.1, -0.05) is 6.07 Å². The number of benzene rings is 2. The van der Waals surface area contributed by atoms with Crippen molar-refractivity contribution in [2.75, 3.05) is 13.7 Å². The van der Waals surface area contributed by atoms with E-state index in [9.17, 15) is 20.1 Å². The molecule has 0 aromatic heterocycles. The van der Waals surface area contributed by atoms with Gasteiger partial charge < -0.3 is 24.8 Å². The molecule has 1 aliphatic rings. The molecule has 0 radical (unpaired) electrons. The number of rotatable bonds is 2. The predicted octanol–water partition coefficient (Wildman–Crippen LogP) is 2.47. The van der Waals surface area contributed by atoms with Crippen LogP contribution in [0.2, 0.25) is 0 Å². The third-order valence-corrected chi connectivity index (χ3v) is 3.51. The number of fused-ring (bicyclic) bond motifs is 1. The number of carbonyl (C=O) groups excluding carboxylic acids is 1. The van der Waals surface area contributed by atoms with E-state index in [1.807, 2.05) is 0 Å². The minimum atomic E-state index is -0.282. The quantitative estimate of drug-likeness (QED) is 0.582. The van der Waals surface area contributed by atoms with Gasteiger partial charge in [-0.25, -0.2) is 0 Å². The Morgan fingerprint density at radius 3 is 2.61 bits per heavy atom. The van der Waals surface area contributed by atoms with Crippen molar-refractivity contribution < 1.29 is 29.6 Å². The Bertz CT molecular complexity index is 805. The van der Waals surface area contributed by atoms with Crippen molar-refractivity contribution in [3.8, 4) is 28.7 Å². The lowest BCUT2D eigenvalue weighted by Gasteiger charge is -2.21. The average Bonchev–Trinajstić information content (AvgIpc) is 2.52. The Morgan fingerprint density at radius 1 is 1.13 bits per heavy atom. The summed E-state index contributed by atoms with van der Waals surface area (Å²) in [5.74, 6) is -0.353. The molecule has 2 aromatic rings. The zero-order valence-corrected chi connectivity index (χ0v) is 12.2. The molecule has 3 N–H and O–H groups in total. The number of ether oxygens (including phenoxy) is 2. The summed E-state index contributed by atoms with van der Waals surface area (Å²) < 4.78 is 10.7. The van der Waals surface area contributed by atoms with E-state index in [4.69, 9.17) is 9.47 Å². The summed E-state index contributed by atoms with van der Waals surface area (Å²) >= 11 is 0. The van der Waals surface area contributed by atoms with Crippen molar-refractivity contribution in [2.24, 2.45) is 0 Å². The molecule has 2 aromatic carbocycles. The van der Waals surface area contributed by atoms with Crippen LogP contribution in [0.4, 0.5) is 0 Å². The molecule has 0 aliphatic carbocycles. The van der Waals surface area contributed by atoms with E-state index in [1.54, 1.807) is 12.1 Å². The van der Waals surface area contributed by atoms with Gasteiger partial charge in [0.05, 0.1) is 7.11 Å². The van der Waals surface area contributed by atoms with E-state index in [-0.39, 0.29) is 46.7 Å². The van der Waals surface area contributed by atoms with Crippen molar-refractivity contribution >= 4 is 11.9 Å². The summed E-state index contributed by atoms with van der Waals surface area (Å²) in [7, 11) is 1.40. The third kappa shape index (κ3) is 2.66. The second-order valence-corrected chi connectivity index (χ2v) is 5.06. The molecule has 1 heterocycles. The normalized spacial score (nSPS) is 15.2. The lowest BCUT2D eigenvalue weighted by molar-refractivity contribution is 0.0997. The number of carbonyl (C=O) groups is 1. The van der Waals surface area contributed by atoms with E-state index in [2.05, 4.69) is 0 Å². The van der Waals surface area contributed by atoms with Crippen LogP contribution in [0.5, 0.6) is 28.7 Å². The Hall–Kier alpha value is -3.15. The summed E-state index contributed by atoms with van der Waals surface area (Å²) in [5, 5.41) is 28.5. The molecule has 0 atom stereocenters. The van der Waals surface area contributed by atoms with Gasteiger partial charge in [-0.15, -0.1) is 0 Å². The minimum Gasteiger partial charge on any atom is -0.508 e. The molecule has 6 nitrogen and oxygen atoms in total. The molecule has 0 unspecified atom stereocenters. The van der Waals surface area contributed by atoms with Crippen LogP contribution < -0.4 is 9.47 Å². The second-order valence-electron chi connectivity index (χ2n) is 5.06. The fourth-order valence-corrected chi connectivity index (χ4v) is 2.39. The Kier molecular flexibility index (Phi) is 3.57. The molecule has 3 rings (SSSR count). The van der Waals surface area contributed by atoms with Crippen LogP contribution in [-0.2, 0) is 0 Å². The first kappa shape index (κ1) is 14.8. The highest BCUT2D eigenvalue weighted by atomic mass is 16.5. The van der Waals surface area contributed by atoms with Crippen LogP contribution in [0.3, 0.4) is 0 Å². The Morgan fingerprint density at radius 2 is 1.91 bits per heavy atom. The topological polar surface area (TPSA) is 96.2 Å². The van der Waals surface area contributed by atoms with Crippen LogP contribution in [0.15, 0.2) is 35.9 Å². The van der Waals surface area contributed by atoms with Crippen molar-refractivity contribution in [3.05, 3.63) is 47.0 Å². The van der Waals surface area contributed by atoms with Crippen molar-refractivity contribution in [3.63, 3.8) is 0 Å². The molecule has 0 amide bonds. The molecular formula is C17H14O6. The maximum Gasteiger partial charge on any atom is 0.199 e. The first-order chi connectivity index (χ1) is 11.0. The van der Waals surface area contributed by atoms with Gasteiger partial charge in [-0.05, 0) is 23.8 Å².